The number of hydrogen-bond acceptors (Lipinski definition) is 4. The van der Waals surface area contributed by atoms with Gasteiger partial charge in [0.2, 0.25) is 0 Å². The lowest BCUT2D eigenvalue weighted by molar-refractivity contribution is -0.385. The first-order valence-corrected chi connectivity index (χ1v) is 6.70. The molecule has 0 aliphatic carbocycles. The fraction of sp³-hybridized carbons (Fsp3) is 0.417. The molecule has 0 spiro atoms. The van der Waals surface area contributed by atoms with Gasteiger partial charge in [0.05, 0.1) is 12.0 Å². The lowest BCUT2D eigenvalue weighted by Crippen LogP contribution is -2.36. The third-order valence-corrected chi connectivity index (χ3v) is 3.76. The molecule has 1 amide bonds. The predicted molar refractivity (Wildman–Crippen MR) is 75.0 cm³/mol. The molecule has 1 aromatic carbocycles. The molecule has 1 aromatic rings. The molecule has 0 fully saturated rings. The van der Waals surface area contributed by atoms with Crippen LogP contribution in [0.15, 0.2) is 18.2 Å². The third-order valence-electron chi connectivity index (χ3n) is 2.83. The molecule has 0 radical (unpaired) electrons. The number of nitro groups is 1. The minimum absolute atomic E-state index is 0.00587. The number of halogens is 1. The van der Waals surface area contributed by atoms with E-state index in [4.69, 9.17) is 4.74 Å². The van der Waals surface area contributed by atoms with Crippen molar-refractivity contribution in [1.82, 2.24) is 4.90 Å². The van der Waals surface area contributed by atoms with E-state index in [1.165, 1.54) is 30.2 Å². The molecule has 1 unspecified atom stereocenters. The number of alkyl halides is 1. The first-order valence-electron chi connectivity index (χ1n) is 5.58. The SMILES string of the molecule is COc1ccc(C(=O)N(C)C(C)CBr)cc1[N+](=O)[O-]. The van der Waals surface area contributed by atoms with E-state index < -0.39 is 4.92 Å². The molecule has 0 N–H and O–H groups in total. The molecular formula is C12H15BrN2O4. The summed E-state index contributed by atoms with van der Waals surface area (Å²) in [4.78, 5) is 24.0. The van der Waals surface area contributed by atoms with E-state index in [9.17, 15) is 14.9 Å². The van der Waals surface area contributed by atoms with Crippen LogP contribution in [0.1, 0.15) is 17.3 Å². The number of methoxy groups -OCH3 is 1. The summed E-state index contributed by atoms with van der Waals surface area (Å²) < 4.78 is 4.90. The Labute approximate surface area is 119 Å². The van der Waals surface area contributed by atoms with E-state index in [0.29, 0.717) is 5.33 Å². The molecule has 19 heavy (non-hydrogen) atoms. The van der Waals surface area contributed by atoms with Gasteiger partial charge in [-0.25, -0.2) is 0 Å². The monoisotopic (exact) mass is 330 g/mol. The Morgan fingerprint density at radius 1 is 1.58 bits per heavy atom. The number of rotatable bonds is 5. The minimum atomic E-state index is -0.566. The van der Waals surface area contributed by atoms with Crippen molar-refractivity contribution >= 4 is 27.5 Å². The van der Waals surface area contributed by atoms with Gasteiger partial charge in [0, 0.05) is 30.0 Å². The van der Waals surface area contributed by atoms with Crippen LogP contribution in [0.4, 0.5) is 5.69 Å². The molecule has 0 heterocycles. The number of nitro benzene ring substituents is 1. The quantitative estimate of drug-likeness (QED) is 0.472. The van der Waals surface area contributed by atoms with Crippen molar-refractivity contribution in [3.63, 3.8) is 0 Å². The molecule has 0 aliphatic rings. The Balaban J connectivity index is 3.12. The smallest absolute Gasteiger partial charge is 0.311 e. The lowest BCUT2D eigenvalue weighted by atomic mass is 10.1. The molecule has 1 rings (SSSR count). The van der Waals surface area contributed by atoms with Gasteiger partial charge in [0.15, 0.2) is 5.75 Å². The van der Waals surface area contributed by atoms with E-state index in [1.807, 2.05) is 6.92 Å². The van der Waals surface area contributed by atoms with Crippen molar-refractivity contribution in [2.24, 2.45) is 0 Å². The standard InChI is InChI=1S/C12H15BrN2O4/c1-8(7-13)14(2)12(16)9-4-5-11(19-3)10(6-9)15(17)18/h4-6,8H,7H2,1-3H3. The van der Waals surface area contributed by atoms with Gasteiger partial charge in [0.1, 0.15) is 0 Å². The fourth-order valence-corrected chi connectivity index (χ4v) is 1.91. The van der Waals surface area contributed by atoms with Crippen molar-refractivity contribution in [3.8, 4) is 5.75 Å². The van der Waals surface area contributed by atoms with Gasteiger partial charge in [-0.3, -0.25) is 14.9 Å². The maximum Gasteiger partial charge on any atom is 0.311 e. The Kier molecular flexibility index (Phi) is 5.29. The normalized spacial score (nSPS) is 11.8. The second-order valence-corrected chi connectivity index (χ2v) is 4.71. The highest BCUT2D eigenvalue weighted by molar-refractivity contribution is 9.09. The van der Waals surface area contributed by atoms with Crippen LogP contribution in [0.2, 0.25) is 0 Å². The van der Waals surface area contributed by atoms with Crippen molar-refractivity contribution in [2.75, 3.05) is 19.5 Å². The zero-order chi connectivity index (χ0) is 14.6. The number of amides is 1. The van der Waals surface area contributed by atoms with E-state index in [-0.39, 0.29) is 28.9 Å². The average molecular weight is 331 g/mol. The maximum absolute atomic E-state index is 12.2. The van der Waals surface area contributed by atoms with Gasteiger partial charge in [-0.2, -0.15) is 0 Å². The highest BCUT2D eigenvalue weighted by Gasteiger charge is 2.21. The Morgan fingerprint density at radius 2 is 2.21 bits per heavy atom. The van der Waals surface area contributed by atoms with Crippen LogP contribution in [-0.2, 0) is 0 Å². The van der Waals surface area contributed by atoms with Crippen molar-refractivity contribution in [1.29, 1.82) is 0 Å². The van der Waals surface area contributed by atoms with Crippen LogP contribution in [-0.4, -0.2) is 41.3 Å². The summed E-state index contributed by atoms with van der Waals surface area (Å²) in [6, 6.07) is 4.18. The van der Waals surface area contributed by atoms with Gasteiger partial charge in [0.25, 0.3) is 5.91 Å². The number of benzene rings is 1. The number of carbonyl (C=O) groups is 1. The summed E-state index contributed by atoms with van der Waals surface area (Å²) in [5.74, 6) is -0.129. The zero-order valence-corrected chi connectivity index (χ0v) is 12.5. The third kappa shape index (κ3) is 3.44. The second kappa shape index (κ2) is 6.51. The van der Waals surface area contributed by atoms with Gasteiger partial charge in [-0.15, -0.1) is 0 Å². The largest absolute Gasteiger partial charge is 0.490 e. The molecule has 0 saturated carbocycles. The molecular weight excluding hydrogens is 316 g/mol. The summed E-state index contributed by atoms with van der Waals surface area (Å²) in [6.45, 7) is 1.88. The van der Waals surface area contributed by atoms with Crippen LogP contribution < -0.4 is 4.74 Å². The molecule has 0 saturated heterocycles. The summed E-state index contributed by atoms with van der Waals surface area (Å²) in [5, 5.41) is 11.5. The van der Waals surface area contributed by atoms with Crippen LogP contribution in [0.5, 0.6) is 5.75 Å². The first-order chi connectivity index (χ1) is 8.92. The van der Waals surface area contributed by atoms with Crippen molar-refractivity contribution < 1.29 is 14.5 Å². The van der Waals surface area contributed by atoms with Gasteiger partial charge < -0.3 is 9.64 Å². The van der Waals surface area contributed by atoms with Crippen LogP contribution in [0.25, 0.3) is 0 Å². The van der Waals surface area contributed by atoms with Gasteiger partial charge in [-0.05, 0) is 19.1 Å². The first kappa shape index (κ1) is 15.4. The van der Waals surface area contributed by atoms with E-state index in [2.05, 4.69) is 15.9 Å². The molecule has 6 nitrogen and oxygen atoms in total. The molecule has 7 heteroatoms. The van der Waals surface area contributed by atoms with Crippen LogP contribution >= 0.6 is 15.9 Å². The fourth-order valence-electron chi connectivity index (χ4n) is 1.47. The Morgan fingerprint density at radius 3 is 2.68 bits per heavy atom. The molecule has 104 valence electrons. The lowest BCUT2D eigenvalue weighted by Gasteiger charge is -2.23. The Hall–Kier alpha value is -1.63. The molecule has 0 aromatic heterocycles. The summed E-state index contributed by atoms with van der Waals surface area (Å²) >= 11 is 3.29. The number of carbonyl (C=O) groups excluding carboxylic acids is 1. The van der Waals surface area contributed by atoms with Crippen LogP contribution in [0, 0.1) is 10.1 Å². The summed E-state index contributed by atoms with van der Waals surface area (Å²) in [6.07, 6.45) is 0. The highest BCUT2D eigenvalue weighted by atomic mass is 79.9. The summed E-state index contributed by atoms with van der Waals surface area (Å²) in [7, 11) is 3.01. The van der Waals surface area contributed by atoms with Crippen LogP contribution in [0.3, 0.4) is 0 Å². The highest BCUT2D eigenvalue weighted by Crippen LogP contribution is 2.28. The second-order valence-electron chi connectivity index (χ2n) is 4.06. The van der Waals surface area contributed by atoms with Gasteiger partial charge in [-0.1, -0.05) is 15.9 Å². The number of nitrogens with zero attached hydrogens (tertiary/aromatic N) is 2. The van der Waals surface area contributed by atoms with Crippen molar-refractivity contribution in [3.05, 3.63) is 33.9 Å². The zero-order valence-electron chi connectivity index (χ0n) is 10.9. The van der Waals surface area contributed by atoms with E-state index in [1.54, 1.807) is 7.05 Å². The van der Waals surface area contributed by atoms with E-state index in [0.717, 1.165) is 0 Å². The van der Waals surface area contributed by atoms with Crippen molar-refractivity contribution in [2.45, 2.75) is 13.0 Å². The molecule has 1 atom stereocenters. The molecule has 0 aliphatic heterocycles. The van der Waals surface area contributed by atoms with E-state index >= 15 is 0 Å². The predicted octanol–water partition coefficient (Wildman–Crippen LogP) is 2.46. The Bertz CT molecular complexity index is 493. The maximum atomic E-state index is 12.2. The number of hydrogen-bond donors (Lipinski definition) is 0. The van der Waals surface area contributed by atoms with Gasteiger partial charge >= 0.3 is 5.69 Å². The average Bonchev–Trinajstić information content (AvgIpc) is 2.43. The number of ether oxygens (including phenoxy) is 1. The molecule has 0 bridgehead atoms. The topological polar surface area (TPSA) is 72.7 Å². The minimum Gasteiger partial charge on any atom is -0.490 e. The summed E-state index contributed by atoms with van der Waals surface area (Å²) in [5.41, 5.74) is 0.0519.